The Labute approximate surface area is 142 Å². The van der Waals surface area contributed by atoms with Gasteiger partial charge in [0.25, 0.3) is 0 Å². The minimum atomic E-state index is 0.520. The molecule has 3 nitrogen and oxygen atoms in total. The van der Waals surface area contributed by atoms with Gasteiger partial charge in [-0.3, -0.25) is 5.43 Å². The molecule has 0 saturated heterocycles. The van der Waals surface area contributed by atoms with Crippen LogP contribution >= 0.6 is 35.4 Å². The van der Waals surface area contributed by atoms with E-state index in [2.05, 4.69) is 22.8 Å². The number of hydrazone groups is 1. The van der Waals surface area contributed by atoms with Crippen LogP contribution in [0.1, 0.15) is 44.6 Å². The molecule has 1 aromatic carbocycles. The summed E-state index contributed by atoms with van der Waals surface area (Å²) in [6, 6.07) is 5.25. The van der Waals surface area contributed by atoms with Crippen molar-refractivity contribution < 1.29 is 0 Å². The molecule has 0 radical (unpaired) electrons. The monoisotopic (exact) mass is 345 g/mol. The third-order valence-corrected chi connectivity index (χ3v) is 3.70. The molecule has 0 fully saturated rings. The molecule has 21 heavy (non-hydrogen) atoms. The summed E-state index contributed by atoms with van der Waals surface area (Å²) >= 11 is 17.0. The van der Waals surface area contributed by atoms with E-state index in [1.807, 2.05) is 0 Å². The van der Waals surface area contributed by atoms with Gasteiger partial charge in [-0.2, -0.15) is 5.10 Å². The molecule has 0 heterocycles. The second-order valence-corrected chi connectivity index (χ2v) is 5.96. The summed E-state index contributed by atoms with van der Waals surface area (Å²) in [5.41, 5.74) is 3.56. The minimum absolute atomic E-state index is 0.520. The molecular formula is C15H21Cl2N3S. The maximum absolute atomic E-state index is 6.04. The first kappa shape index (κ1) is 18.2. The van der Waals surface area contributed by atoms with Crippen molar-refractivity contribution in [3.8, 4) is 0 Å². The van der Waals surface area contributed by atoms with Crippen molar-refractivity contribution in [2.75, 3.05) is 6.54 Å². The Hall–Kier alpha value is -0.840. The number of unbranched alkanes of at least 4 members (excludes halogenated alkanes) is 4. The number of rotatable bonds is 8. The fraction of sp³-hybridized carbons (Fsp3) is 0.467. The van der Waals surface area contributed by atoms with Gasteiger partial charge < -0.3 is 5.32 Å². The van der Waals surface area contributed by atoms with E-state index in [9.17, 15) is 0 Å². The van der Waals surface area contributed by atoms with Crippen LogP contribution in [-0.2, 0) is 0 Å². The van der Waals surface area contributed by atoms with Crippen LogP contribution in [0, 0.1) is 0 Å². The van der Waals surface area contributed by atoms with Gasteiger partial charge in [-0.1, -0.05) is 61.9 Å². The van der Waals surface area contributed by atoms with E-state index in [1.54, 1.807) is 24.4 Å². The van der Waals surface area contributed by atoms with E-state index >= 15 is 0 Å². The van der Waals surface area contributed by atoms with Gasteiger partial charge in [-0.15, -0.1) is 0 Å². The smallest absolute Gasteiger partial charge is 0.186 e. The van der Waals surface area contributed by atoms with Gasteiger partial charge >= 0.3 is 0 Å². The zero-order chi connectivity index (χ0) is 15.5. The maximum Gasteiger partial charge on any atom is 0.186 e. The minimum Gasteiger partial charge on any atom is -0.361 e. The summed E-state index contributed by atoms with van der Waals surface area (Å²) in [5.74, 6) is 0. The number of nitrogens with zero attached hydrogens (tertiary/aromatic N) is 1. The first-order chi connectivity index (χ1) is 10.1. The van der Waals surface area contributed by atoms with Crippen molar-refractivity contribution in [3.63, 3.8) is 0 Å². The number of nitrogens with one attached hydrogen (secondary N) is 2. The lowest BCUT2D eigenvalue weighted by molar-refractivity contribution is 0.623. The Bertz CT molecular complexity index is 478. The predicted octanol–water partition coefficient (Wildman–Crippen LogP) is 4.76. The lowest BCUT2D eigenvalue weighted by atomic mass is 10.1. The summed E-state index contributed by atoms with van der Waals surface area (Å²) in [4.78, 5) is 0. The second-order valence-electron chi connectivity index (χ2n) is 4.71. The van der Waals surface area contributed by atoms with E-state index in [0.29, 0.717) is 15.2 Å². The Balaban J connectivity index is 2.21. The molecule has 0 atom stereocenters. The van der Waals surface area contributed by atoms with Crippen molar-refractivity contribution >= 4 is 46.7 Å². The highest BCUT2D eigenvalue weighted by molar-refractivity contribution is 7.80. The molecule has 0 aliphatic carbocycles. The topological polar surface area (TPSA) is 36.4 Å². The fourth-order valence-corrected chi connectivity index (χ4v) is 2.35. The largest absolute Gasteiger partial charge is 0.361 e. The highest BCUT2D eigenvalue weighted by Gasteiger charge is 1.98. The van der Waals surface area contributed by atoms with Crippen molar-refractivity contribution in [2.24, 2.45) is 5.10 Å². The predicted molar refractivity (Wildman–Crippen MR) is 96.6 cm³/mol. The van der Waals surface area contributed by atoms with Crippen molar-refractivity contribution in [2.45, 2.75) is 39.0 Å². The second kappa shape index (κ2) is 10.8. The molecule has 0 saturated carbocycles. The zero-order valence-corrected chi connectivity index (χ0v) is 14.5. The average Bonchev–Trinajstić information content (AvgIpc) is 2.45. The molecule has 0 amide bonds. The molecular weight excluding hydrogens is 325 g/mol. The lowest BCUT2D eigenvalue weighted by Crippen LogP contribution is -2.32. The van der Waals surface area contributed by atoms with E-state index in [4.69, 9.17) is 35.4 Å². The zero-order valence-electron chi connectivity index (χ0n) is 12.2. The van der Waals surface area contributed by atoms with Crippen LogP contribution in [0.2, 0.25) is 10.0 Å². The van der Waals surface area contributed by atoms with E-state index in [-0.39, 0.29) is 0 Å². The molecule has 0 unspecified atom stereocenters. The fourth-order valence-electron chi connectivity index (χ4n) is 1.74. The van der Waals surface area contributed by atoms with Crippen molar-refractivity contribution in [1.82, 2.24) is 10.7 Å². The van der Waals surface area contributed by atoms with Gasteiger partial charge in [0, 0.05) is 17.1 Å². The Morgan fingerprint density at radius 3 is 2.71 bits per heavy atom. The molecule has 0 spiro atoms. The van der Waals surface area contributed by atoms with Crippen LogP contribution < -0.4 is 10.7 Å². The van der Waals surface area contributed by atoms with Crippen LogP contribution in [0.4, 0.5) is 0 Å². The van der Waals surface area contributed by atoms with Crippen LogP contribution in [0.15, 0.2) is 23.3 Å². The average molecular weight is 346 g/mol. The van der Waals surface area contributed by atoms with Gasteiger partial charge in [0.2, 0.25) is 0 Å². The first-order valence-corrected chi connectivity index (χ1v) is 8.32. The molecule has 0 aliphatic rings. The van der Waals surface area contributed by atoms with Crippen LogP contribution in [0.25, 0.3) is 0 Å². The first-order valence-electron chi connectivity index (χ1n) is 7.15. The third kappa shape index (κ3) is 8.24. The van der Waals surface area contributed by atoms with E-state index in [0.717, 1.165) is 18.5 Å². The number of hydrogen-bond donors (Lipinski definition) is 2. The maximum atomic E-state index is 6.04. The molecule has 0 aromatic heterocycles. The summed E-state index contributed by atoms with van der Waals surface area (Å²) in [6.07, 6.45) is 7.81. The standard InChI is InChI=1S/C15H21Cl2N3S/c1-2-3-4-5-6-9-18-15(21)20-19-11-12-7-8-13(16)10-14(12)17/h7-8,10-11H,2-6,9H2,1H3,(H2,18,20,21)/b19-11+. The van der Waals surface area contributed by atoms with E-state index in [1.165, 1.54) is 25.7 Å². The number of halogens is 2. The molecule has 1 rings (SSSR count). The summed E-state index contributed by atoms with van der Waals surface area (Å²) < 4.78 is 0. The lowest BCUT2D eigenvalue weighted by Gasteiger charge is -2.06. The summed E-state index contributed by atoms with van der Waals surface area (Å²) in [6.45, 7) is 3.08. The molecule has 0 bridgehead atoms. The van der Waals surface area contributed by atoms with Gasteiger partial charge in [0.1, 0.15) is 0 Å². The summed E-state index contributed by atoms with van der Waals surface area (Å²) in [7, 11) is 0. The molecule has 6 heteroatoms. The Morgan fingerprint density at radius 2 is 2.00 bits per heavy atom. The number of thiocarbonyl (C=S) groups is 1. The van der Waals surface area contributed by atoms with Gasteiger partial charge in [0.05, 0.1) is 11.2 Å². The number of benzene rings is 1. The van der Waals surface area contributed by atoms with Crippen LogP contribution in [-0.4, -0.2) is 17.9 Å². The van der Waals surface area contributed by atoms with Gasteiger partial charge in [-0.25, -0.2) is 0 Å². The SMILES string of the molecule is CCCCCCCNC(=S)N/N=C/c1ccc(Cl)cc1Cl. The highest BCUT2D eigenvalue weighted by atomic mass is 35.5. The Kier molecular flexibility index (Phi) is 9.39. The normalized spacial score (nSPS) is 10.8. The molecule has 116 valence electrons. The van der Waals surface area contributed by atoms with Gasteiger partial charge in [-0.05, 0) is 30.8 Å². The number of hydrogen-bond acceptors (Lipinski definition) is 2. The summed E-state index contributed by atoms with van der Waals surface area (Å²) in [5, 5.41) is 8.86. The van der Waals surface area contributed by atoms with Crippen molar-refractivity contribution in [1.29, 1.82) is 0 Å². The molecule has 2 N–H and O–H groups in total. The molecule has 1 aromatic rings. The highest BCUT2D eigenvalue weighted by Crippen LogP contribution is 2.19. The molecule has 0 aliphatic heterocycles. The third-order valence-electron chi connectivity index (χ3n) is 2.90. The van der Waals surface area contributed by atoms with E-state index < -0.39 is 0 Å². The Morgan fingerprint density at radius 1 is 1.24 bits per heavy atom. The van der Waals surface area contributed by atoms with Crippen molar-refractivity contribution in [3.05, 3.63) is 33.8 Å². The quantitative estimate of drug-likeness (QED) is 0.308. The van der Waals surface area contributed by atoms with Gasteiger partial charge in [0.15, 0.2) is 5.11 Å². The van der Waals surface area contributed by atoms with Crippen LogP contribution in [0.3, 0.4) is 0 Å². The van der Waals surface area contributed by atoms with Crippen LogP contribution in [0.5, 0.6) is 0 Å².